The van der Waals surface area contributed by atoms with Gasteiger partial charge in [0.25, 0.3) is 5.91 Å². The van der Waals surface area contributed by atoms with E-state index in [2.05, 4.69) is 15.5 Å². The predicted octanol–water partition coefficient (Wildman–Crippen LogP) is -1.02. The van der Waals surface area contributed by atoms with Gasteiger partial charge < -0.3 is 15.5 Å². The topological polar surface area (TPSA) is 115 Å². The first-order valence-electron chi connectivity index (χ1n) is 4.16. The van der Waals surface area contributed by atoms with Gasteiger partial charge in [0.15, 0.2) is 5.60 Å². The van der Waals surface area contributed by atoms with E-state index in [1.54, 1.807) is 0 Å². The number of amides is 1. The van der Waals surface area contributed by atoms with E-state index >= 15 is 0 Å². The number of carbonyl (C=O) groups excluding carboxylic acids is 1. The number of aliphatic carboxylic acids is 1. The maximum absolute atomic E-state index is 11.3. The van der Waals surface area contributed by atoms with Crippen molar-refractivity contribution < 1.29 is 19.8 Å². The van der Waals surface area contributed by atoms with Crippen LogP contribution in [0.1, 0.15) is 17.3 Å². The molecule has 0 aromatic carbocycles. The quantitative estimate of drug-likeness (QED) is 0.510. The van der Waals surface area contributed by atoms with Crippen LogP contribution < -0.4 is 5.32 Å². The molecule has 1 unspecified atom stereocenters. The fourth-order valence-corrected chi connectivity index (χ4v) is 0.805. The molecule has 82 valence electrons. The van der Waals surface area contributed by atoms with Crippen LogP contribution in [0.4, 0.5) is 0 Å². The van der Waals surface area contributed by atoms with Gasteiger partial charge in [-0.15, -0.1) is 0 Å². The summed E-state index contributed by atoms with van der Waals surface area (Å²) in [6.07, 6.45) is 2.66. The van der Waals surface area contributed by atoms with Gasteiger partial charge in [-0.05, 0) is 6.92 Å². The number of carboxylic acid groups (broad SMARTS) is 1. The lowest BCUT2D eigenvalue weighted by Gasteiger charge is -2.17. The minimum atomic E-state index is -1.97. The Morgan fingerprint density at radius 1 is 1.67 bits per heavy atom. The maximum atomic E-state index is 11.3. The van der Waals surface area contributed by atoms with Gasteiger partial charge in [-0.3, -0.25) is 9.89 Å². The number of rotatable bonds is 4. The average Bonchev–Trinajstić information content (AvgIpc) is 2.66. The van der Waals surface area contributed by atoms with Crippen LogP contribution in [0.5, 0.6) is 0 Å². The van der Waals surface area contributed by atoms with Crippen molar-refractivity contribution in [1.29, 1.82) is 0 Å². The zero-order valence-corrected chi connectivity index (χ0v) is 8.02. The molecule has 0 saturated carbocycles. The van der Waals surface area contributed by atoms with E-state index in [-0.39, 0.29) is 12.1 Å². The molecule has 0 fully saturated rings. The summed E-state index contributed by atoms with van der Waals surface area (Å²) in [6, 6.07) is 0. The van der Waals surface area contributed by atoms with E-state index in [9.17, 15) is 14.7 Å². The highest BCUT2D eigenvalue weighted by atomic mass is 16.4. The first-order chi connectivity index (χ1) is 6.93. The van der Waals surface area contributed by atoms with Gasteiger partial charge in [0, 0.05) is 6.20 Å². The molecule has 0 saturated heterocycles. The van der Waals surface area contributed by atoms with Crippen LogP contribution in [0, 0.1) is 0 Å². The number of carboxylic acids is 1. The van der Waals surface area contributed by atoms with E-state index in [0.717, 1.165) is 6.92 Å². The number of hydrogen-bond donors (Lipinski definition) is 4. The molecule has 1 aromatic heterocycles. The standard InChI is InChI=1S/C8H11N3O4/c1-8(15,7(13)14)4-9-6(12)5-2-10-11-3-5/h2-3,15H,4H2,1H3,(H,9,12)(H,10,11)(H,13,14). The van der Waals surface area contributed by atoms with E-state index in [4.69, 9.17) is 5.11 Å². The molecule has 0 radical (unpaired) electrons. The molecule has 1 heterocycles. The number of H-pyrrole nitrogens is 1. The summed E-state index contributed by atoms with van der Waals surface area (Å²) in [4.78, 5) is 21.8. The van der Waals surface area contributed by atoms with Crippen molar-refractivity contribution in [3.8, 4) is 0 Å². The SMILES string of the molecule is CC(O)(CNC(=O)c1cn[nH]c1)C(=O)O. The highest BCUT2D eigenvalue weighted by molar-refractivity contribution is 5.94. The Morgan fingerprint density at radius 3 is 2.80 bits per heavy atom. The van der Waals surface area contributed by atoms with Crippen LogP contribution in [0.2, 0.25) is 0 Å². The number of aromatic nitrogens is 2. The van der Waals surface area contributed by atoms with Crippen LogP contribution >= 0.6 is 0 Å². The summed E-state index contributed by atoms with van der Waals surface area (Å²) in [5.41, 5.74) is -1.70. The Bertz CT molecular complexity index is 358. The van der Waals surface area contributed by atoms with Crippen LogP contribution in [-0.2, 0) is 4.79 Å². The summed E-state index contributed by atoms with van der Waals surface area (Å²) in [5.74, 6) is -1.89. The van der Waals surface area contributed by atoms with Crippen LogP contribution in [0.25, 0.3) is 0 Å². The molecule has 4 N–H and O–H groups in total. The van der Waals surface area contributed by atoms with Gasteiger partial charge in [0.05, 0.1) is 18.3 Å². The van der Waals surface area contributed by atoms with Gasteiger partial charge in [0.2, 0.25) is 0 Å². The van der Waals surface area contributed by atoms with Crippen molar-refractivity contribution in [3.63, 3.8) is 0 Å². The van der Waals surface area contributed by atoms with Crippen LogP contribution in [-0.4, -0.2) is 44.4 Å². The highest BCUT2D eigenvalue weighted by Gasteiger charge is 2.30. The summed E-state index contributed by atoms with van der Waals surface area (Å²) < 4.78 is 0. The Morgan fingerprint density at radius 2 is 2.33 bits per heavy atom. The number of nitrogens with zero attached hydrogens (tertiary/aromatic N) is 1. The van der Waals surface area contributed by atoms with Gasteiger partial charge in [-0.25, -0.2) is 4.79 Å². The molecule has 1 atom stereocenters. The van der Waals surface area contributed by atoms with Gasteiger partial charge >= 0.3 is 5.97 Å². The molecule has 0 spiro atoms. The molecule has 15 heavy (non-hydrogen) atoms. The second-order valence-electron chi connectivity index (χ2n) is 3.25. The Hall–Kier alpha value is -1.89. The molecular weight excluding hydrogens is 202 g/mol. The predicted molar refractivity (Wildman–Crippen MR) is 49.2 cm³/mol. The van der Waals surface area contributed by atoms with Gasteiger partial charge in [-0.2, -0.15) is 5.10 Å². The molecule has 0 aliphatic heterocycles. The van der Waals surface area contributed by atoms with Crippen LogP contribution in [0.15, 0.2) is 12.4 Å². The summed E-state index contributed by atoms with van der Waals surface area (Å²) >= 11 is 0. The molecule has 0 aliphatic carbocycles. The molecule has 1 rings (SSSR count). The second-order valence-corrected chi connectivity index (χ2v) is 3.25. The number of hydrogen-bond acceptors (Lipinski definition) is 4. The molecule has 1 aromatic rings. The van der Waals surface area contributed by atoms with Crippen molar-refractivity contribution in [2.75, 3.05) is 6.54 Å². The number of carbonyl (C=O) groups is 2. The largest absolute Gasteiger partial charge is 0.479 e. The molecule has 7 heteroatoms. The third kappa shape index (κ3) is 2.78. The van der Waals surface area contributed by atoms with Crippen molar-refractivity contribution in [3.05, 3.63) is 18.0 Å². The number of aromatic amines is 1. The van der Waals surface area contributed by atoms with Gasteiger partial charge in [0.1, 0.15) is 0 Å². The normalized spacial score (nSPS) is 14.3. The average molecular weight is 213 g/mol. The number of nitrogens with one attached hydrogen (secondary N) is 2. The summed E-state index contributed by atoms with van der Waals surface area (Å²) in [7, 11) is 0. The second kappa shape index (κ2) is 4.09. The van der Waals surface area contributed by atoms with Crippen molar-refractivity contribution in [2.45, 2.75) is 12.5 Å². The maximum Gasteiger partial charge on any atom is 0.337 e. The zero-order chi connectivity index (χ0) is 11.5. The molecule has 7 nitrogen and oxygen atoms in total. The summed E-state index contributed by atoms with van der Waals surface area (Å²) in [6.45, 7) is 0.733. The zero-order valence-electron chi connectivity index (χ0n) is 8.02. The Labute approximate surface area is 85.1 Å². The van der Waals surface area contributed by atoms with E-state index in [1.165, 1.54) is 12.4 Å². The monoisotopic (exact) mass is 213 g/mol. The minimum Gasteiger partial charge on any atom is -0.479 e. The lowest BCUT2D eigenvalue weighted by Crippen LogP contribution is -2.46. The van der Waals surface area contributed by atoms with Crippen molar-refractivity contribution in [2.24, 2.45) is 0 Å². The third-order valence-corrected chi connectivity index (χ3v) is 1.81. The molecule has 0 bridgehead atoms. The fraction of sp³-hybridized carbons (Fsp3) is 0.375. The Balaban J connectivity index is 2.51. The molecule has 1 amide bonds. The summed E-state index contributed by atoms with van der Waals surface area (Å²) in [5, 5.41) is 26.1. The van der Waals surface area contributed by atoms with Gasteiger partial charge in [-0.1, -0.05) is 0 Å². The van der Waals surface area contributed by atoms with E-state index in [0.29, 0.717) is 0 Å². The van der Waals surface area contributed by atoms with E-state index < -0.39 is 17.5 Å². The lowest BCUT2D eigenvalue weighted by molar-refractivity contribution is -0.155. The van der Waals surface area contributed by atoms with Crippen molar-refractivity contribution >= 4 is 11.9 Å². The van der Waals surface area contributed by atoms with Crippen molar-refractivity contribution in [1.82, 2.24) is 15.5 Å². The first kappa shape index (κ1) is 11.2. The lowest BCUT2D eigenvalue weighted by atomic mass is 10.1. The van der Waals surface area contributed by atoms with E-state index in [1.807, 2.05) is 0 Å². The highest BCUT2D eigenvalue weighted by Crippen LogP contribution is 2.02. The molecular formula is C8H11N3O4. The molecule has 0 aliphatic rings. The minimum absolute atomic E-state index is 0.274. The Kier molecular flexibility index (Phi) is 3.05. The third-order valence-electron chi connectivity index (χ3n) is 1.81. The first-order valence-corrected chi connectivity index (χ1v) is 4.16. The fourth-order valence-electron chi connectivity index (χ4n) is 0.805. The van der Waals surface area contributed by atoms with Crippen LogP contribution in [0.3, 0.4) is 0 Å². The smallest absolute Gasteiger partial charge is 0.337 e. The number of aliphatic hydroxyl groups is 1.